The third kappa shape index (κ3) is 1.95. The number of phenolic OH excluding ortho intramolecular Hbond substituents is 1. The fourth-order valence-corrected chi connectivity index (χ4v) is 2.14. The van der Waals surface area contributed by atoms with Crippen LogP contribution in [0.4, 0.5) is 4.39 Å². The van der Waals surface area contributed by atoms with Gasteiger partial charge in [-0.25, -0.2) is 9.37 Å². The van der Waals surface area contributed by atoms with Gasteiger partial charge >= 0.3 is 0 Å². The van der Waals surface area contributed by atoms with Gasteiger partial charge in [0.15, 0.2) is 0 Å². The molecule has 0 radical (unpaired) electrons. The molecule has 0 aliphatic carbocycles. The zero-order valence-electron chi connectivity index (χ0n) is 10.4. The van der Waals surface area contributed by atoms with E-state index in [0.717, 1.165) is 17.5 Å². The summed E-state index contributed by atoms with van der Waals surface area (Å²) in [6.07, 6.45) is 0.926. The van der Waals surface area contributed by atoms with E-state index in [0.29, 0.717) is 5.82 Å². The summed E-state index contributed by atoms with van der Waals surface area (Å²) >= 11 is 0. The van der Waals surface area contributed by atoms with Crippen LogP contribution in [0, 0.1) is 5.82 Å². The summed E-state index contributed by atoms with van der Waals surface area (Å²) in [5.74, 6) is -0.261. The van der Waals surface area contributed by atoms with Crippen LogP contribution < -0.4 is 0 Å². The SMILES string of the molecule is CCc1ccc2nc(-c3c(O)cccc3F)[nH]c2c1. The van der Waals surface area contributed by atoms with Gasteiger partial charge < -0.3 is 10.1 Å². The zero-order chi connectivity index (χ0) is 13.4. The Morgan fingerprint density at radius 2 is 2.11 bits per heavy atom. The second-order valence-corrected chi connectivity index (χ2v) is 4.42. The standard InChI is InChI=1S/C15H13FN2O/c1-2-9-6-7-11-12(8-9)18-15(17-11)14-10(16)4-3-5-13(14)19/h3-8,19H,2H2,1H3,(H,17,18). The molecule has 0 aliphatic rings. The third-order valence-corrected chi connectivity index (χ3v) is 3.18. The number of nitrogens with one attached hydrogen (secondary N) is 1. The summed E-state index contributed by atoms with van der Waals surface area (Å²) in [6.45, 7) is 2.07. The zero-order valence-corrected chi connectivity index (χ0v) is 10.4. The van der Waals surface area contributed by atoms with Crippen molar-refractivity contribution >= 4 is 11.0 Å². The molecule has 3 nitrogen and oxygen atoms in total. The number of fused-ring (bicyclic) bond motifs is 1. The van der Waals surface area contributed by atoms with Crippen molar-refractivity contribution in [3.8, 4) is 17.1 Å². The number of aryl methyl sites for hydroxylation is 1. The highest BCUT2D eigenvalue weighted by molar-refractivity contribution is 5.81. The first-order valence-electron chi connectivity index (χ1n) is 6.15. The van der Waals surface area contributed by atoms with Crippen molar-refractivity contribution in [3.05, 3.63) is 47.8 Å². The van der Waals surface area contributed by atoms with Crippen molar-refractivity contribution in [2.24, 2.45) is 0 Å². The smallest absolute Gasteiger partial charge is 0.145 e. The molecule has 2 aromatic carbocycles. The van der Waals surface area contributed by atoms with Crippen LogP contribution in [0.3, 0.4) is 0 Å². The minimum atomic E-state index is -0.491. The number of H-pyrrole nitrogens is 1. The van der Waals surface area contributed by atoms with Gasteiger partial charge in [0, 0.05) is 0 Å². The van der Waals surface area contributed by atoms with Gasteiger partial charge in [-0.05, 0) is 36.2 Å². The first kappa shape index (κ1) is 11.7. The second kappa shape index (κ2) is 4.39. The predicted octanol–water partition coefficient (Wildman–Crippen LogP) is 3.64. The van der Waals surface area contributed by atoms with Crippen molar-refractivity contribution in [1.82, 2.24) is 9.97 Å². The van der Waals surface area contributed by atoms with Gasteiger partial charge in [0.25, 0.3) is 0 Å². The van der Waals surface area contributed by atoms with Gasteiger partial charge in [-0.15, -0.1) is 0 Å². The Kier molecular flexibility index (Phi) is 2.71. The highest BCUT2D eigenvalue weighted by Gasteiger charge is 2.14. The topological polar surface area (TPSA) is 48.9 Å². The van der Waals surface area contributed by atoms with Gasteiger partial charge in [-0.3, -0.25) is 0 Å². The molecule has 0 amide bonds. The lowest BCUT2D eigenvalue weighted by Gasteiger charge is -2.01. The fourth-order valence-electron chi connectivity index (χ4n) is 2.14. The molecule has 0 bridgehead atoms. The van der Waals surface area contributed by atoms with Crippen LogP contribution in [-0.4, -0.2) is 15.1 Å². The maximum absolute atomic E-state index is 13.8. The van der Waals surface area contributed by atoms with Crippen molar-refractivity contribution in [2.75, 3.05) is 0 Å². The van der Waals surface area contributed by atoms with Crippen LogP contribution in [0.15, 0.2) is 36.4 Å². The number of imidazole rings is 1. The molecule has 1 heterocycles. The number of phenols is 1. The maximum Gasteiger partial charge on any atom is 0.145 e. The van der Waals surface area contributed by atoms with E-state index < -0.39 is 5.82 Å². The minimum absolute atomic E-state index is 0.108. The molecule has 0 saturated carbocycles. The molecule has 19 heavy (non-hydrogen) atoms. The molecule has 3 rings (SSSR count). The van der Waals surface area contributed by atoms with Crippen molar-refractivity contribution in [1.29, 1.82) is 0 Å². The van der Waals surface area contributed by atoms with E-state index in [1.54, 1.807) is 0 Å². The Balaban J connectivity index is 2.21. The molecular weight excluding hydrogens is 243 g/mol. The van der Waals surface area contributed by atoms with E-state index in [4.69, 9.17) is 0 Å². The lowest BCUT2D eigenvalue weighted by Crippen LogP contribution is -1.86. The molecule has 2 N–H and O–H groups in total. The van der Waals surface area contributed by atoms with Crippen molar-refractivity contribution in [2.45, 2.75) is 13.3 Å². The highest BCUT2D eigenvalue weighted by atomic mass is 19.1. The van der Waals surface area contributed by atoms with Crippen molar-refractivity contribution in [3.63, 3.8) is 0 Å². The van der Waals surface area contributed by atoms with E-state index in [2.05, 4.69) is 16.9 Å². The van der Waals surface area contributed by atoms with Gasteiger partial charge in [0.05, 0.1) is 16.6 Å². The quantitative estimate of drug-likeness (QED) is 0.735. The number of nitrogens with zero attached hydrogens (tertiary/aromatic N) is 1. The first-order chi connectivity index (χ1) is 9.19. The average Bonchev–Trinajstić information content (AvgIpc) is 2.80. The van der Waals surface area contributed by atoms with Crippen LogP contribution >= 0.6 is 0 Å². The summed E-state index contributed by atoms with van der Waals surface area (Å²) < 4.78 is 13.8. The molecule has 3 aromatic rings. The van der Waals surface area contributed by atoms with Crippen LogP contribution in [0.5, 0.6) is 5.75 Å². The summed E-state index contributed by atoms with van der Waals surface area (Å²) in [5.41, 5.74) is 2.89. The molecule has 0 spiro atoms. The Hall–Kier alpha value is -2.36. The third-order valence-electron chi connectivity index (χ3n) is 3.18. The van der Waals surface area contributed by atoms with Crippen LogP contribution in [0.25, 0.3) is 22.4 Å². The van der Waals surface area contributed by atoms with Gasteiger partial charge in [0.2, 0.25) is 0 Å². The van der Waals surface area contributed by atoms with Crippen LogP contribution in [-0.2, 0) is 6.42 Å². The molecule has 0 fully saturated rings. The molecule has 0 unspecified atom stereocenters. The number of halogens is 1. The number of rotatable bonds is 2. The van der Waals surface area contributed by atoms with Gasteiger partial charge in [0.1, 0.15) is 17.4 Å². The molecule has 0 saturated heterocycles. The lowest BCUT2D eigenvalue weighted by molar-refractivity contribution is 0.471. The summed E-state index contributed by atoms with van der Waals surface area (Å²) in [7, 11) is 0. The molecular formula is C15H13FN2O. The summed E-state index contributed by atoms with van der Waals surface area (Å²) in [4.78, 5) is 7.38. The van der Waals surface area contributed by atoms with Crippen molar-refractivity contribution < 1.29 is 9.50 Å². The Morgan fingerprint density at radius 3 is 2.84 bits per heavy atom. The lowest BCUT2D eigenvalue weighted by atomic mass is 10.1. The average molecular weight is 256 g/mol. The maximum atomic E-state index is 13.8. The number of benzene rings is 2. The number of hydrogen-bond donors (Lipinski definition) is 2. The predicted molar refractivity (Wildman–Crippen MR) is 72.5 cm³/mol. The normalized spacial score (nSPS) is 11.1. The minimum Gasteiger partial charge on any atom is -0.507 e. The Labute approximate surface area is 109 Å². The largest absolute Gasteiger partial charge is 0.507 e. The molecule has 0 atom stereocenters. The summed E-state index contributed by atoms with van der Waals surface area (Å²) in [5, 5.41) is 9.77. The molecule has 1 aromatic heterocycles. The van der Waals surface area contributed by atoms with Crippen LogP contribution in [0.1, 0.15) is 12.5 Å². The number of aromatic hydroxyl groups is 1. The number of hydrogen-bond acceptors (Lipinski definition) is 2. The fraction of sp³-hybridized carbons (Fsp3) is 0.133. The molecule has 96 valence electrons. The van der Waals surface area contributed by atoms with E-state index in [-0.39, 0.29) is 11.3 Å². The van der Waals surface area contributed by atoms with E-state index >= 15 is 0 Å². The Bertz CT molecular complexity index is 729. The molecule has 0 aliphatic heterocycles. The first-order valence-corrected chi connectivity index (χ1v) is 6.15. The molecule has 4 heteroatoms. The number of aromatic nitrogens is 2. The van der Waals surface area contributed by atoms with E-state index in [9.17, 15) is 9.50 Å². The second-order valence-electron chi connectivity index (χ2n) is 4.42. The Morgan fingerprint density at radius 1 is 1.26 bits per heavy atom. The van der Waals surface area contributed by atoms with Gasteiger partial charge in [-0.2, -0.15) is 0 Å². The monoisotopic (exact) mass is 256 g/mol. The van der Waals surface area contributed by atoms with E-state index in [1.165, 1.54) is 23.8 Å². The van der Waals surface area contributed by atoms with E-state index in [1.807, 2.05) is 18.2 Å². The highest BCUT2D eigenvalue weighted by Crippen LogP contribution is 2.31. The summed E-state index contributed by atoms with van der Waals surface area (Å²) in [6, 6.07) is 10.1. The number of aromatic amines is 1. The van der Waals surface area contributed by atoms with Crippen LogP contribution in [0.2, 0.25) is 0 Å². The van der Waals surface area contributed by atoms with Gasteiger partial charge in [-0.1, -0.05) is 19.1 Å².